The summed E-state index contributed by atoms with van der Waals surface area (Å²) in [6.07, 6.45) is 11.6. The minimum Gasteiger partial charge on any atom is -0.385 e. The van der Waals surface area contributed by atoms with Gasteiger partial charge in [-0.05, 0) is 56.0 Å². The summed E-state index contributed by atoms with van der Waals surface area (Å²) in [6.45, 7) is 4.17. The molecule has 0 bridgehead atoms. The summed E-state index contributed by atoms with van der Waals surface area (Å²) in [7, 11) is 0. The van der Waals surface area contributed by atoms with Gasteiger partial charge in [-0.1, -0.05) is 48.6 Å². The molecule has 0 atom stereocenters. The van der Waals surface area contributed by atoms with E-state index in [4.69, 9.17) is 0 Å². The summed E-state index contributed by atoms with van der Waals surface area (Å²) in [5, 5.41) is 7.03. The zero-order valence-corrected chi connectivity index (χ0v) is 16.1. The highest BCUT2D eigenvalue weighted by Crippen LogP contribution is 2.16. The molecule has 2 N–H and O–H groups in total. The molecule has 0 heterocycles. The van der Waals surface area contributed by atoms with E-state index < -0.39 is 0 Å². The molecule has 0 saturated heterocycles. The van der Waals surface area contributed by atoms with Crippen LogP contribution in [0.1, 0.15) is 25.7 Å². The molecule has 0 radical (unpaired) electrons. The number of rotatable bonds is 11. The Hall–Kier alpha value is -2.68. The third-order valence-corrected chi connectivity index (χ3v) is 4.76. The van der Waals surface area contributed by atoms with E-state index in [2.05, 4.69) is 94.4 Å². The molecule has 27 heavy (non-hydrogen) atoms. The van der Waals surface area contributed by atoms with E-state index in [0.717, 1.165) is 45.4 Å². The standard InChI is InChI=1S/C24H31N3/c1-4-12-22(13-5-1)25-18-10-20-27(24-16-8-3-9-17-24)21-11-19-26-23-14-6-2-7-15-23/h1-2,4-8,12-17,25-26H,3,9-11,18-21H2. The molecule has 0 aliphatic heterocycles. The van der Waals surface area contributed by atoms with Crippen LogP contribution >= 0.6 is 0 Å². The van der Waals surface area contributed by atoms with Crippen molar-refractivity contribution in [3.63, 3.8) is 0 Å². The number of nitrogens with one attached hydrogen (secondary N) is 2. The van der Waals surface area contributed by atoms with Crippen LogP contribution in [0, 0.1) is 0 Å². The van der Waals surface area contributed by atoms with E-state index in [1.807, 2.05) is 0 Å². The Balaban J connectivity index is 1.42. The lowest BCUT2D eigenvalue weighted by molar-refractivity contribution is 0.348. The first-order valence-corrected chi connectivity index (χ1v) is 10.1. The van der Waals surface area contributed by atoms with Crippen molar-refractivity contribution < 1.29 is 0 Å². The number of hydrogen-bond acceptors (Lipinski definition) is 3. The van der Waals surface area contributed by atoms with Crippen LogP contribution in [-0.2, 0) is 0 Å². The molecular weight excluding hydrogens is 330 g/mol. The minimum atomic E-state index is 1.000. The Bertz CT molecular complexity index is 659. The van der Waals surface area contributed by atoms with Gasteiger partial charge in [0.1, 0.15) is 0 Å². The van der Waals surface area contributed by atoms with Crippen LogP contribution < -0.4 is 10.6 Å². The van der Waals surface area contributed by atoms with Crippen LogP contribution in [0.5, 0.6) is 0 Å². The van der Waals surface area contributed by atoms with E-state index in [0.29, 0.717) is 0 Å². The topological polar surface area (TPSA) is 27.3 Å². The number of benzene rings is 2. The summed E-state index contributed by atoms with van der Waals surface area (Å²) in [5.74, 6) is 0. The predicted octanol–water partition coefficient (Wildman–Crippen LogP) is 5.53. The number of hydrogen-bond donors (Lipinski definition) is 2. The molecule has 1 aliphatic rings. The van der Waals surface area contributed by atoms with Gasteiger partial charge in [-0.25, -0.2) is 0 Å². The lowest BCUT2D eigenvalue weighted by Crippen LogP contribution is -2.28. The number of anilines is 2. The van der Waals surface area contributed by atoms with E-state index in [1.54, 1.807) is 0 Å². The van der Waals surface area contributed by atoms with Gasteiger partial charge >= 0.3 is 0 Å². The zero-order chi connectivity index (χ0) is 18.6. The number of para-hydroxylation sites is 2. The molecule has 0 amide bonds. The minimum absolute atomic E-state index is 1.000. The molecule has 3 rings (SSSR count). The molecule has 2 aromatic carbocycles. The van der Waals surface area contributed by atoms with Crippen molar-refractivity contribution in [3.8, 4) is 0 Å². The quantitative estimate of drug-likeness (QED) is 0.516. The highest BCUT2D eigenvalue weighted by Gasteiger charge is 2.08. The Morgan fingerprint density at radius 3 is 1.74 bits per heavy atom. The maximum absolute atomic E-state index is 3.52. The van der Waals surface area contributed by atoms with Crippen molar-refractivity contribution in [2.24, 2.45) is 0 Å². The molecule has 3 nitrogen and oxygen atoms in total. The average molecular weight is 362 g/mol. The first kappa shape index (κ1) is 19.1. The van der Waals surface area contributed by atoms with Crippen LogP contribution in [0.4, 0.5) is 11.4 Å². The Kier molecular flexibility index (Phi) is 7.86. The molecule has 0 aromatic heterocycles. The van der Waals surface area contributed by atoms with Gasteiger partial charge in [0.25, 0.3) is 0 Å². The lowest BCUT2D eigenvalue weighted by atomic mass is 10.1. The van der Waals surface area contributed by atoms with Crippen LogP contribution in [0.15, 0.2) is 84.6 Å². The first-order chi connectivity index (χ1) is 13.4. The third-order valence-electron chi connectivity index (χ3n) is 4.76. The molecule has 0 unspecified atom stereocenters. The highest BCUT2D eigenvalue weighted by atomic mass is 15.1. The summed E-state index contributed by atoms with van der Waals surface area (Å²) in [5.41, 5.74) is 3.79. The second-order valence-electron chi connectivity index (χ2n) is 6.89. The van der Waals surface area contributed by atoms with Gasteiger partial charge in [-0.3, -0.25) is 0 Å². The Morgan fingerprint density at radius 1 is 0.704 bits per heavy atom. The van der Waals surface area contributed by atoms with Gasteiger partial charge < -0.3 is 15.5 Å². The molecule has 142 valence electrons. The monoisotopic (exact) mass is 361 g/mol. The van der Waals surface area contributed by atoms with Crippen molar-refractivity contribution in [3.05, 3.63) is 84.6 Å². The van der Waals surface area contributed by atoms with Crippen molar-refractivity contribution in [1.29, 1.82) is 0 Å². The van der Waals surface area contributed by atoms with Crippen molar-refractivity contribution in [2.75, 3.05) is 36.8 Å². The molecule has 0 saturated carbocycles. The SMILES string of the molecule is C1=CC(N(CCCNc2ccccc2)CCCNc2ccccc2)=CCC1. The Morgan fingerprint density at radius 2 is 1.26 bits per heavy atom. The normalized spacial score (nSPS) is 13.1. The fraction of sp³-hybridized carbons (Fsp3) is 0.333. The predicted molar refractivity (Wildman–Crippen MR) is 117 cm³/mol. The summed E-state index contributed by atoms with van der Waals surface area (Å²) in [6, 6.07) is 20.9. The first-order valence-electron chi connectivity index (χ1n) is 10.1. The second kappa shape index (κ2) is 11.1. The smallest absolute Gasteiger partial charge is 0.0340 e. The van der Waals surface area contributed by atoms with Crippen LogP contribution in [-0.4, -0.2) is 31.1 Å². The van der Waals surface area contributed by atoms with E-state index in [9.17, 15) is 0 Å². The lowest BCUT2D eigenvalue weighted by Gasteiger charge is -2.27. The van der Waals surface area contributed by atoms with Crippen molar-refractivity contribution in [1.82, 2.24) is 4.90 Å². The van der Waals surface area contributed by atoms with E-state index in [1.165, 1.54) is 23.5 Å². The van der Waals surface area contributed by atoms with Crippen LogP contribution in [0.25, 0.3) is 0 Å². The molecule has 3 heteroatoms. The highest BCUT2D eigenvalue weighted by molar-refractivity contribution is 5.42. The van der Waals surface area contributed by atoms with Gasteiger partial charge in [0, 0.05) is 43.3 Å². The third kappa shape index (κ3) is 6.86. The average Bonchev–Trinajstić information content (AvgIpc) is 2.75. The van der Waals surface area contributed by atoms with Crippen molar-refractivity contribution >= 4 is 11.4 Å². The molecule has 2 aromatic rings. The summed E-state index contributed by atoms with van der Waals surface area (Å²) < 4.78 is 0. The van der Waals surface area contributed by atoms with Gasteiger partial charge in [0.05, 0.1) is 0 Å². The molecular formula is C24H31N3. The van der Waals surface area contributed by atoms with Crippen LogP contribution in [0.3, 0.4) is 0 Å². The van der Waals surface area contributed by atoms with Gasteiger partial charge in [-0.15, -0.1) is 0 Å². The van der Waals surface area contributed by atoms with Crippen molar-refractivity contribution in [2.45, 2.75) is 25.7 Å². The zero-order valence-electron chi connectivity index (χ0n) is 16.1. The van der Waals surface area contributed by atoms with Gasteiger partial charge in [-0.2, -0.15) is 0 Å². The van der Waals surface area contributed by atoms with Crippen LogP contribution in [0.2, 0.25) is 0 Å². The largest absolute Gasteiger partial charge is 0.385 e. The second-order valence-corrected chi connectivity index (χ2v) is 6.89. The molecule has 0 spiro atoms. The van der Waals surface area contributed by atoms with Gasteiger partial charge in [0.15, 0.2) is 0 Å². The fourth-order valence-corrected chi connectivity index (χ4v) is 3.32. The maximum Gasteiger partial charge on any atom is 0.0340 e. The molecule has 1 aliphatic carbocycles. The summed E-state index contributed by atoms with van der Waals surface area (Å²) in [4.78, 5) is 2.54. The van der Waals surface area contributed by atoms with Gasteiger partial charge in [0.2, 0.25) is 0 Å². The Labute approximate surface area is 163 Å². The maximum atomic E-state index is 3.52. The summed E-state index contributed by atoms with van der Waals surface area (Å²) >= 11 is 0. The molecule has 0 fully saturated rings. The number of nitrogens with zero attached hydrogens (tertiary/aromatic N) is 1. The fourth-order valence-electron chi connectivity index (χ4n) is 3.32. The number of allylic oxidation sites excluding steroid dienone is 3. The van der Waals surface area contributed by atoms with E-state index in [-0.39, 0.29) is 0 Å². The van der Waals surface area contributed by atoms with E-state index >= 15 is 0 Å².